The Bertz CT molecular complexity index is 884. The van der Waals surface area contributed by atoms with E-state index >= 15 is 0 Å². The summed E-state index contributed by atoms with van der Waals surface area (Å²) in [6, 6.07) is 13.7. The monoisotopic (exact) mass is 365 g/mol. The zero-order valence-electron chi connectivity index (χ0n) is 15.7. The Balaban J connectivity index is 1.51. The maximum absolute atomic E-state index is 5.67. The molecule has 0 unspecified atom stereocenters. The molecule has 1 aromatic heterocycles. The van der Waals surface area contributed by atoms with Crippen LogP contribution in [-0.2, 0) is 0 Å². The van der Waals surface area contributed by atoms with Crippen molar-refractivity contribution in [1.29, 1.82) is 0 Å². The maximum Gasteiger partial charge on any atom is 0.244 e. The molecule has 0 aliphatic rings. The Kier molecular flexibility index (Phi) is 6.04. The lowest BCUT2D eigenvalue weighted by molar-refractivity contribution is 0.331. The van der Waals surface area contributed by atoms with E-state index in [0.717, 1.165) is 22.7 Å². The lowest BCUT2D eigenvalue weighted by atomic mass is 10.1. The van der Waals surface area contributed by atoms with Crippen LogP contribution in [0.5, 0.6) is 11.5 Å². The number of hydrogen-bond donors (Lipinski definition) is 2. The highest BCUT2D eigenvalue weighted by Crippen LogP contribution is 2.20. The van der Waals surface area contributed by atoms with Gasteiger partial charge in [0.2, 0.25) is 5.95 Å². The van der Waals surface area contributed by atoms with Gasteiger partial charge in [-0.1, -0.05) is 17.7 Å². The third kappa shape index (κ3) is 5.31. The minimum atomic E-state index is 0.447. The summed E-state index contributed by atoms with van der Waals surface area (Å²) in [6.07, 6.45) is 1.60. The van der Waals surface area contributed by atoms with Crippen LogP contribution in [-0.4, -0.2) is 35.4 Å². The molecule has 2 N–H and O–H groups in total. The Labute approximate surface area is 158 Å². The highest BCUT2D eigenvalue weighted by Gasteiger charge is 2.04. The molecule has 0 aliphatic carbocycles. The molecule has 0 amide bonds. The van der Waals surface area contributed by atoms with Crippen molar-refractivity contribution in [2.45, 2.75) is 13.8 Å². The molecule has 0 spiro atoms. The zero-order chi connectivity index (χ0) is 19.1. The number of aromatic nitrogens is 3. The number of rotatable bonds is 8. The van der Waals surface area contributed by atoms with Gasteiger partial charge in [-0.15, -0.1) is 5.10 Å². The fourth-order valence-corrected chi connectivity index (χ4v) is 2.53. The van der Waals surface area contributed by atoms with Crippen LogP contribution in [0.2, 0.25) is 0 Å². The number of anilines is 3. The topological polar surface area (TPSA) is 81.2 Å². The van der Waals surface area contributed by atoms with Crippen molar-refractivity contribution in [1.82, 2.24) is 15.2 Å². The maximum atomic E-state index is 5.67. The SMILES string of the molecule is COc1ccc(OCCNc2nncc(Nc3ccc(C)cc3C)n2)cc1. The highest BCUT2D eigenvalue weighted by molar-refractivity contribution is 5.60. The van der Waals surface area contributed by atoms with Crippen molar-refractivity contribution in [3.05, 3.63) is 59.8 Å². The molecule has 140 valence electrons. The lowest BCUT2D eigenvalue weighted by Gasteiger charge is -2.11. The van der Waals surface area contributed by atoms with Gasteiger partial charge < -0.3 is 20.1 Å². The summed E-state index contributed by atoms with van der Waals surface area (Å²) < 4.78 is 10.8. The average molecular weight is 365 g/mol. The molecular formula is C20H23N5O2. The smallest absolute Gasteiger partial charge is 0.244 e. The summed E-state index contributed by atoms with van der Waals surface area (Å²) in [5, 5.41) is 14.4. The minimum absolute atomic E-state index is 0.447. The van der Waals surface area contributed by atoms with Crippen molar-refractivity contribution in [2.24, 2.45) is 0 Å². The van der Waals surface area contributed by atoms with Gasteiger partial charge in [-0.25, -0.2) is 0 Å². The van der Waals surface area contributed by atoms with Gasteiger partial charge in [0.15, 0.2) is 5.82 Å². The number of nitrogens with zero attached hydrogens (tertiary/aromatic N) is 3. The van der Waals surface area contributed by atoms with Gasteiger partial charge in [-0.3, -0.25) is 0 Å². The predicted molar refractivity (Wildman–Crippen MR) is 106 cm³/mol. The van der Waals surface area contributed by atoms with E-state index in [1.54, 1.807) is 13.3 Å². The molecule has 0 fully saturated rings. The summed E-state index contributed by atoms with van der Waals surface area (Å²) in [5.74, 6) is 2.66. The Morgan fingerprint density at radius 1 is 1.00 bits per heavy atom. The second-order valence-corrected chi connectivity index (χ2v) is 6.06. The van der Waals surface area contributed by atoms with Crippen LogP contribution in [0.3, 0.4) is 0 Å². The zero-order valence-corrected chi connectivity index (χ0v) is 15.7. The first-order chi connectivity index (χ1) is 13.1. The molecule has 2 aromatic carbocycles. The van der Waals surface area contributed by atoms with E-state index in [4.69, 9.17) is 9.47 Å². The number of methoxy groups -OCH3 is 1. The van der Waals surface area contributed by atoms with Crippen LogP contribution in [0.1, 0.15) is 11.1 Å². The van der Waals surface area contributed by atoms with Gasteiger partial charge in [0.25, 0.3) is 0 Å². The molecular weight excluding hydrogens is 342 g/mol. The average Bonchev–Trinajstić information content (AvgIpc) is 2.68. The molecule has 27 heavy (non-hydrogen) atoms. The summed E-state index contributed by atoms with van der Waals surface area (Å²) in [7, 11) is 1.64. The first kappa shape index (κ1) is 18.4. The van der Waals surface area contributed by atoms with Crippen molar-refractivity contribution >= 4 is 17.5 Å². The standard InChI is InChI=1S/C20H23N5O2/c1-14-4-9-18(15(2)12-14)23-19-13-22-25-20(24-19)21-10-11-27-17-7-5-16(26-3)6-8-17/h4-9,12-13H,10-11H2,1-3H3,(H2,21,23,24,25). The first-order valence-electron chi connectivity index (χ1n) is 8.69. The molecule has 1 heterocycles. The summed E-state index contributed by atoms with van der Waals surface area (Å²) >= 11 is 0. The molecule has 0 saturated carbocycles. The lowest BCUT2D eigenvalue weighted by Crippen LogP contribution is -2.14. The van der Waals surface area contributed by atoms with E-state index in [0.29, 0.717) is 24.9 Å². The Morgan fingerprint density at radius 2 is 1.78 bits per heavy atom. The third-order valence-electron chi connectivity index (χ3n) is 3.92. The molecule has 7 nitrogen and oxygen atoms in total. The van der Waals surface area contributed by atoms with Crippen molar-refractivity contribution in [2.75, 3.05) is 30.9 Å². The van der Waals surface area contributed by atoms with Gasteiger partial charge in [0, 0.05) is 5.69 Å². The number of nitrogens with one attached hydrogen (secondary N) is 2. The van der Waals surface area contributed by atoms with Crippen molar-refractivity contribution < 1.29 is 9.47 Å². The number of benzene rings is 2. The molecule has 0 aliphatic heterocycles. The van der Waals surface area contributed by atoms with Crippen LogP contribution in [0.4, 0.5) is 17.5 Å². The molecule has 3 aromatic rings. The molecule has 0 atom stereocenters. The quantitative estimate of drug-likeness (QED) is 0.589. The summed E-state index contributed by atoms with van der Waals surface area (Å²) in [6.45, 7) is 5.16. The van der Waals surface area contributed by atoms with Gasteiger partial charge in [0.05, 0.1) is 19.9 Å². The van der Waals surface area contributed by atoms with E-state index in [1.807, 2.05) is 30.3 Å². The predicted octanol–water partition coefficient (Wildman–Crippen LogP) is 3.73. The van der Waals surface area contributed by atoms with Crippen LogP contribution < -0.4 is 20.1 Å². The largest absolute Gasteiger partial charge is 0.497 e. The van der Waals surface area contributed by atoms with Crippen molar-refractivity contribution in [3.8, 4) is 11.5 Å². The Hall–Kier alpha value is -3.35. The van der Waals surface area contributed by atoms with Gasteiger partial charge in [-0.2, -0.15) is 10.1 Å². The second-order valence-electron chi connectivity index (χ2n) is 6.06. The highest BCUT2D eigenvalue weighted by atomic mass is 16.5. The second kappa shape index (κ2) is 8.84. The third-order valence-corrected chi connectivity index (χ3v) is 3.92. The minimum Gasteiger partial charge on any atom is -0.497 e. The molecule has 0 saturated heterocycles. The van der Waals surface area contributed by atoms with Gasteiger partial charge in [-0.05, 0) is 49.7 Å². The Morgan fingerprint density at radius 3 is 2.52 bits per heavy atom. The molecule has 0 bridgehead atoms. The fourth-order valence-electron chi connectivity index (χ4n) is 2.53. The van der Waals surface area contributed by atoms with Crippen molar-refractivity contribution in [3.63, 3.8) is 0 Å². The van der Waals surface area contributed by atoms with Gasteiger partial charge in [0.1, 0.15) is 18.1 Å². The van der Waals surface area contributed by atoms with E-state index in [-0.39, 0.29) is 0 Å². The fraction of sp³-hybridized carbons (Fsp3) is 0.250. The summed E-state index contributed by atoms with van der Waals surface area (Å²) in [4.78, 5) is 4.43. The normalized spacial score (nSPS) is 10.3. The molecule has 7 heteroatoms. The van der Waals surface area contributed by atoms with Gasteiger partial charge >= 0.3 is 0 Å². The molecule has 3 rings (SSSR count). The van der Waals surface area contributed by atoms with E-state index < -0.39 is 0 Å². The van der Waals surface area contributed by atoms with Crippen LogP contribution >= 0.6 is 0 Å². The number of ether oxygens (including phenoxy) is 2. The number of aryl methyl sites for hydroxylation is 2. The van der Waals surface area contributed by atoms with E-state index in [9.17, 15) is 0 Å². The van der Waals surface area contributed by atoms with E-state index in [1.165, 1.54) is 5.56 Å². The van der Waals surface area contributed by atoms with Crippen LogP contribution in [0.25, 0.3) is 0 Å². The first-order valence-corrected chi connectivity index (χ1v) is 8.69. The summed E-state index contributed by atoms with van der Waals surface area (Å²) in [5.41, 5.74) is 3.36. The van der Waals surface area contributed by atoms with E-state index in [2.05, 4.69) is 51.8 Å². The van der Waals surface area contributed by atoms with Crippen LogP contribution in [0.15, 0.2) is 48.7 Å². The molecule has 0 radical (unpaired) electrons. The number of hydrogen-bond acceptors (Lipinski definition) is 7. The van der Waals surface area contributed by atoms with Crippen LogP contribution in [0, 0.1) is 13.8 Å².